The Balaban J connectivity index is 2.28. The Morgan fingerprint density at radius 3 is 2.28 bits per heavy atom. The van der Waals surface area contributed by atoms with Crippen molar-refractivity contribution in [1.29, 1.82) is 0 Å². The summed E-state index contributed by atoms with van der Waals surface area (Å²) in [5.41, 5.74) is 5.06. The largest absolute Gasteiger partial charge is 0.435 e. The predicted molar refractivity (Wildman–Crippen MR) is 93.4 cm³/mol. The van der Waals surface area contributed by atoms with Gasteiger partial charge in [0.1, 0.15) is 5.82 Å². The Morgan fingerprint density at radius 2 is 1.68 bits per heavy atom. The second-order valence-electron chi connectivity index (χ2n) is 5.13. The van der Waals surface area contributed by atoms with E-state index < -0.39 is 11.9 Å². The molecule has 0 atom stereocenters. The smallest absolute Gasteiger partial charge is 0.383 e. The van der Waals surface area contributed by atoms with Gasteiger partial charge in [-0.05, 0) is 35.9 Å². The lowest BCUT2D eigenvalue weighted by atomic mass is 10.1. The molecule has 3 aromatic rings. The first-order valence-corrected chi connectivity index (χ1v) is 7.99. The van der Waals surface area contributed by atoms with Crippen molar-refractivity contribution in [2.24, 2.45) is 0 Å². The number of benzene rings is 2. The standard InChI is InChI=1S/C16H9Cl3F3N3/c17-9-2-1-3-10(7-9)25-15(23)13(14(24-25)16(20,21)22)8-4-5-11(18)12(19)6-8/h1-7H,23H2. The summed E-state index contributed by atoms with van der Waals surface area (Å²) in [4.78, 5) is 0. The number of aromatic nitrogens is 2. The zero-order valence-corrected chi connectivity index (χ0v) is 14.5. The third-order valence-corrected chi connectivity index (χ3v) is 4.42. The van der Waals surface area contributed by atoms with Crippen molar-refractivity contribution in [2.45, 2.75) is 6.18 Å². The average Bonchev–Trinajstić information content (AvgIpc) is 2.88. The lowest BCUT2D eigenvalue weighted by molar-refractivity contribution is -0.140. The number of anilines is 1. The van der Waals surface area contributed by atoms with Crippen LogP contribution in [0.15, 0.2) is 42.5 Å². The van der Waals surface area contributed by atoms with Crippen LogP contribution in [0.5, 0.6) is 0 Å². The van der Waals surface area contributed by atoms with Gasteiger partial charge in [0.2, 0.25) is 0 Å². The first-order chi connectivity index (χ1) is 11.7. The molecule has 0 aliphatic heterocycles. The molecule has 0 unspecified atom stereocenters. The maximum Gasteiger partial charge on any atom is 0.435 e. The van der Waals surface area contributed by atoms with Gasteiger partial charge in [0.15, 0.2) is 5.69 Å². The van der Waals surface area contributed by atoms with E-state index in [4.69, 9.17) is 40.5 Å². The van der Waals surface area contributed by atoms with E-state index >= 15 is 0 Å². The van der Waals surface area contributed by atoms with Gasteiger partial charge in [0.25, 0.3) is 0 Å². The highest BCUT2D eigenvalue weighted by molar-refractivity contribution is 6.42. The molecule has 0 bridgehead atoms. The van der Waals surface area contributed by atoms with Crippen molar-refractivity contribution in [1.82, 2.24) is 9.78 Å². The minimum atomic E-state index is -4.71. The van der Waals surface area contributed by atoms with Gasteiger partial charge in [-0.2, -0.15) is 18.3 Å². The highest BCUT2D eigenvalue weighted by atomic mass is 35.5. The zero-order chi connectivity index (χ0) is 18.4. The number of hydrogen-bond donors (Lipinski definition) is 1. The first-order valence-electron chi connectivity index (χ1n) is 6.85. The molecule has 9 heteroatoms. The van der Waals surface area contributed by atoms with Crippen LogP contribution in [0.25, 0.3) is 16.8 Å². The van der Waals surface area contributed by atoms with Gasteiger partial charge in [-0.25, -0.2) is 4.68 Å². The molecule has 2 aromatic carbocycles. The third-order valence-electron chi connectivity index (χ3n) is 3.45. The van der Waals surface area contributed by atoms with E-state index in [0.29, 0.717) is 10.7 Å². The minimum Gasteiger partial charge on any atom is -0.383 e. The second kappa shape index (κ2) is 6.44. The summed E-state index contributed by atoms with van der Waals surface area (Å²) in [6.45, 7) is 0. The number of halogens is 6. The number of alkyl halides is 3. The molecule has 0 aliphatic carbocycles. The van der Waals surface area contributed by atoms with E-state index in [1.54, 1.807) is 18.2 Å². The van der Waals surface area contributed by atoms with E-state index in [1.165, 1.54) is 24.3 Å². The van der Waals surface area contributed by atoms with Gasteiger partial charge < -0.3 is 5.73 Å². The Labute approximate surface area is 155 Å². The molecular weight excluding hydrogens is 398 g/mol. The zero-order valence-electron chi connectivity index (χ0n) is 12.3. The molecule has 0 fully saturated rings. The summed E-state index contributed by atoms with van der Waals surface area (Å²) in [5.74, 6) is -0.187. The molecule has 0 saturated heterocycles. The van der Waals surface area contributed by atoms with Crippen LogP contribution in [-0.2, 0) is 6.18 Å². The van der Waals surface area contributed by atoms with Crippen molar-refractivity contribution in [2.75, 3.05) is 5.73 Å². The lowest BCUT2D eigenvalue weighted by Crippen LogP contribution is -2.08. The summed E-state index contributed by atoms with van der Waals surface area (Å²) < 4.78 is 41.4. The van der Waals surface area contributed by atoms with Crippen LogP contribution in [0.1, 0.15) is 5.69 Å². The summed E-state index contributed by atoms with van der Waals surface area (Å²) >= 11 is 17.7. The number of rotatable bonds is 2. The van der Waals surface area contributed by atoms with Crippen LogP contribution < -0.4 is 5.73 Å². The molecule has 1 aromatic heterocycles. The van der Waals surface area contributed by atoms with Crippen LogP contribution in [0.4, 0.5) is 19.0 Å². The van der Waals surface area contributed by atoms with Gasteiger partial charge in [-0.15, -0.1) is 0 Å². The van der Waals surface area contributed by atoms with E-state index in [-0.39, 0.29) is 27.0 Å². The van der Waals surface area contributed by atoms with Crippen molar-refractivity contribution < 1.29 is 13.2 Å². The van der Waals surface area contributed by atoms with E-state index in [9.17, 15) is 13.2 Å². The molecule has 0 aliphatic rings. The van der Waals surface area contributed by atoms with Crippen molar-refractivity contribution >= 4 is 40.6 Å². The Bertz CT molecular complexity index is 952. The summed E-state index contributed by atoms with van der Waals surface area (Å²) in [7, 11) is 0. The Kier molecular flexibility index (Phi) is 4.62. The number of hydrogen-bond acceptors (Lipinski definition) is 2. The molecule has 0 saturated carbocycles. The SMILES string of the molecule is Nc1c(-c2ccc(Cl)c(Cl)c2)c(C(F)(F)F)nn1-c1cccc(Cl)c1. The molecule has 2 N–H and O–H groups in total. The molecule has 130 valence electrons. The topological polar surface area (TPSA) is 43.8 Å². The fourth-order valence-corrected chi connectivity index (χ4v) is 2.85. The molecule has 3 nitrogen and oxygen atoms in total. The minimum absolute atomic E-state index is 0.113. The fourth-order valence-electron chi connectivity index (χ4n) is 2.37. The second-order valence-corrected chi connectivity index (χ2v) is 6.38. The lowest BCUT2D eigenvalue weighted by Gasteiger charge is -2.08. The predicted octanol–water partition coefficient (Wildman–Crippen LogP) is 6.10. The number of nitrogen functional groups attached to an aromatic ring is 1. The van der Waals surface area contributed by atoms with E-state index in [1.807, 2.05) is 0 Å². The maximum absolute atomic E-state index is 13.5. The molecule has 3 rings (SSSR count). The molecule has 0 radical (unpaired) electrons. The molecule has 0 spiro atoms. The van der Waals surface area contributed by atoms with Gasteiger partial charge >= 0.3 is 6.18 Å². The van der Waals surface area contributed by atoms with Crippen LogP contribution in [0.2, 0.25) is 15.1 Å². The quantitative estimate of drug-likeness (QED) is 0.559. The Morgan fingerprint density at radius 1 is 0.960 bits per heavy atom. The number of nitrogens with two attached hydrogens (primary N) is 1. The van der Waals surface area contributed by atoms with E-state index in [2.05, 4.69) is 5.10 Å². The Hall–Kier alpha value is -1.89. The summed E-state index contributed by atoms with van der Waals surface area (Å²) in [6, 6.07) is 10.3. The van der Waals surface area contributed by atoms with Crippen molar-refractivity contribution in [3.8, 4) is 16.8 Å². The van der Waals surface area contributed by atoms with Crippen LogP contribution in [0.3, 0.4) is 0 Å². The van der Waals surface area contributed by atoms with Crippen LogP contribution >= 0.6 is 34.8 Å². The van der Waals surface area contributed by atoms with Crippen molar-refractivity contribution in [3.05, 3.63) is 63.2 Å². The van der Waals surface area contributed by atoms with Gasteiger partial charge in [-0.3, -0.25) is 0 Å². The first kappa shape index (κ1) is 17.9. The highest BCUT2D eigenvalue weighted by Gasteiger charge is 2.39. The molecule has 0 amide bonds. The monoisotopic (exact) mass is 405 g/mol. The normalized spacial score (nSPS) is 11.8. The molecule has 25 heavy (non-hydrogen) atoms. The molecule has 1 heterocycles. The maximum atomic E-state index is 13.5. The summed E-state index contributed by atoms with van der Waals surface area (Å²) in [6.07, 6.45) is -4.71. The number of nitrogens with zero attached hydrogens (tertiary/aromatic N) is 2. The van der Waals surface area contributed by atoms with E-state index in [0.717, 1.165) is 4.68 Å². The molecular formula is C16H9Cl3F3N3. The van der Waals surface area contributed by atoms with Gasteiger partial charge in [0, 0.05) is 5.02 Å². The highest BCUT2D eigenvalue weighted by Crippen LogP contribution is 2.42. The fraction of sp³-hybridized carbons (Fsp3) is 0.0625. The van der Waals surface area contributed by atoms with Gasteiger partial charge in [0.05, 0.1) is 21.3 Å². The van der Waals surface area contributed by atoms with Crippen molar-refractivity contribution in [3.63, 3.8) is 0 Å². The summed E-state index contributed by atoms with van der Waals surface area (Å²) in [5, 5.41) is 4.33. The third kappa shape index (κ3) is 3.42. The van der Waals surface area contributed by atoms with Gasteiger partial charge in [-0.1, -0.05) is 46.9 Å². The van der Waals surface area contributed by atoms with Crippen LogP contribution in [0, 0.1) is 0 Å². The van der Waals surface area contributed by atoms with Crippen LogP contribution in [-0.4, -0.2) is 9.78 Å². The average molecular weight is 407 g/mol.